The molecule has 0 amide bonds. The smallest absolute Gasteiger partial charge is 0.164 e. The van der Waals surface area contributed by atoms with Crippen LogP contribution in [-0.2, 0) is 0 Å². The molecule has 4 heteroatoms. The van der Waals surface area contributed by atoms with Crippen molar-refractivity contribution in [2.24, 2.45) is 0 Å². The van der Waals surface area contributed by atoms with Gasteiger partial charge in [-0.15, -0.1) is 11.3 Å². The number of hydrogen-bond donors (Lipinski definition) is 0. The first-order valence-electron chi connectivity index (χ1n) is 16.5. The van der Waals surface area contributed by atoms with Crippen molar-refractivity contribution < 1.29 is 0 Å². The Balaban J connectivity index is 1.26. The summed E-state index contributed by atoms with van der Waals surface area (Å²) in [6, 6.07) is 54.3. The van der Waals surface area contributed by atoms with Gasteiger partial charge in [-0.1, -0.05) is 133 Å². The number of benzene rings is 9. The van der Waals surface area contributed by atoms with E-state index in [1.165, 1.54) is 57.9 Å². The van der Waals surface area contributed by atoms with E-state index in [9.17, 15) is 0 Å². The molecule has 0 aliphatic rings. The van der Waals surface area contributed by atoms with Crippen LogP contribution in [0, 0.1) is 0 Å². The summed E-state index contributed by atoms with van der Waals surface area (Å²) >= 11 is 1.81. The lowest BCUT2D eigenvalue weighted by Crippen LogP contribution is -2.01. The van der Waals surface area contributed by atoms with E-state index in [2.05, 4.69) is 152 Å². The Bertz CT molecular complexity index is 3110. The van der Waals surface area contributed by atoms with E-state index in [-0.39, 0.29) is 0 Å². The monoisotopic (exact) mass is 639 g/mol. The highest BCUT2D eigenvalue weighted by molar-refractivity contribution is 7.25. The maximum absolute atomic E-state index is 5.35. The summed E-state index contributed by atoms with van der Waals surface area (Å²) < 4.78 is 2.48. The number of hydrogen-bond acceptors (Lipinski definition) is 4. The first-order valence-corrected chi connectivity index (χ1v) is 17.3. The van der Waals surface area contributed by atoms with Gasteiger partial charge >= 0.3 is 0 Å². The van der Waals surface area contributed by atoms with E-state index in [0.717, 1.165) is 32.8 Å². The second-order valence-electron chi connectivity index (χ2n) is 12.7. The fourth-order valence-corrected chi connectivity index (χ4v) is 9.01. The number of rotatable bonds is 3. The summed E-state index contributed by atoms with van der Waals surface area (Å²) in [4.78, 5) is 16.0. The molecule has 11 rings (SSSR count). The van der Waals surface area contributed by atoms with Crippen LogP contribution in [0.4, 0.5) is 0 Å². The van der Waals surface area contributed by atoms with Crippen molar-refractivity contribution in [2.75, 3.05) is 0 Å². The SMILES string of the molecule is c1ccc2c(c1)ccc1cccc(-c3nc(-c4ccc5ccc6cccc7ccc4c5c67)nc(-c4cccc5sc6ccccc6c45)n3)c12. The van der Waals surface area contributed by atoms with Crippen molar-refractivity contribution >= 4 is 85.4 Å². The molecular weight excluding hydrogens is 615 g/mol. The van der Waals surface area contributed by atoms with Crippen LogP contribution in [0.5, 0.6) is 0 Å². The molecule has 0 bridgehead atoms. The van der Waals surface area contributed by atoms with Crippen LogP contribution in [0.25, 0.3) is 108 Å². The molecule has 2 heterocycles. The average Bonchev–Trinajstić information content (AvgIpc) is 3.55. The van der Waals surface area contributed by atoms with Crippen LogP contribution >= 0.6 is 11.3 Å². The lowest BCUT2D eigenvalue weighted by molar-refractivity contribution is 1.08. The third kappa shape index (κ3) is 3.92. The highest BCUT2D eigenvalue weighted by Crippen LogP contribution is 2.42. The minimum absolute atomic E-state index is 0.671. The molecular formula is C45H25N3S. The van der Waals surface area contributed by atoms with Crippen molar-refractivity contribution in [3.8, 4) is 34.2 Å². The molecule has 49 heavy (non-hydrogen) atoms. The van der Waals surface area contributed by atoms with Gasteiger partial charge in [-0.25, -0.2) is 15.0 Å². The lowest BCUT2D eigenvalue weighted by atomic mass is 9.91. The molecule has 0 saturated carbocycles. The molecule has 9 aromatic carbocycles. The van der Waals surface area contributed by atoms with Crippen molar-refractivity contribution in [1.29, 1.82) is 0 Å². The summed E-state index contributed by atoms with van der Waals surface area (Å²) in [5.41, 5.74) is 3.02. The molecule has 0 fully saturated rings. The predicted molar refractivity (Wildman–Crippen MR) is 208 cm³/mol. The Kier molecular flexibility index (Phi) is 5.54. The Morgan fingerprint density at radius 1 is 0.286 bits per heavy atom. The van der Waals surface area contributed by atoms with Crippen molar-refractivity contribution in [2.45, 2.75) is 0 Å². The number of nitrogens with zero attached hydrogens (tertiary/aromatic N) is 3. The summed E-state index contributed by atoms with van der Waals surface area (Å²) in [7, 11) is 0. The zero-order valence-corrected chi connectivity index (χ0v) is 27.0. The van der Waals surface area contributed by atoms with Gasteiger partial charge in [0.2, 0.25) is 0 Å². The van der Waals surface area contributed by atoms with Crippen LogP contribution in [0.15, 0.2) is 152 Å². The quantitative estimate of drug-likeness (QED) is 0.181. The Hall–Kier alpha value is -6.23. The topological polar surface area (TPSA) is 38.7 Å². The molecule has 0 saturated heterocycles. The van der Waals surface area contributed by atoms with Crippen LogP contribution in [0.1, 0.15) is 0 Å². The predicted octanol–water partition coefficient (Wildman–Crippen LogP) is 12.4. The van der Waals surface area contributed by atoms with E-state index in [1.807, 2.05) is 11.3 Å². The summed E-state index contributed by atoms with van der Waals surface area (Å²) in [6.07, 6.45) is 0. The van der Waals surface area contributed by atoms with Gasteiger partial charge in [-0.3, -0.25) is 0 Å². The van der Waals surface area contributed by atoms with E-state index in [1.54, 1.807) is 0 Å². The molecule has 11 aromatic rings. The molecule has 0 aliphatic carbocycles. The van der Waals surface area contributed by atoms with E-state index in [0.29, 0.717) is 17.5 Å². The van der Waals surface area contributed by atoms with Crippen molar-refractivity contribution in [3.05, 3.63) is 152 Å². The molecule has 0 unspecified atom stereocenters. The van der Waals surface area contributed by atoms with Gasteiger partial charge < -0.3 is 0 Å². The highest BCUT2D eigenvalue weighted by atomic mass is 32.1. The van der Waals surface area contributed by atoms with Crippen LogP contribution in [0.3, 0.4) is 0 Å². The second kappa shape index (κ2) is 10.1. The number of fused-ring (bicyclic) bond motifs is 6. The molecule has 226 valence electrons. The molecule has 0 N–H and O–H groups in total. The largest absolute Gasteiger partial charge is 0.208 e. The van der Waals surface area contributed by atoms with Gasteiger partial charge in [-0.05, 0) is 66.7 Å². The molecule has 3 nitrogen and oxygen atoms in total. The number of aromatic nitrogens is 3. The van der Waals surface area contributed by atoms with E-state index >= 15 is 0 Å². The molecule has 2 aromatic heterocycles. The van der Waals surface area contributed by atoms with Gasteiger partial charge in [0, 0.05) is 42.2 Å². The third-order valence-electron chi connectivity index (χ3n) is 10.1. The minimum Gasteiger partial charge on any atom is -0.208 e. The fraction of sp³-hybridized carbons (Fsp3) is 0. The van der Waals surface area contributed by atoms with Crippen LogP contribution in [-0.4, -0.2) is 15.0 Å². The Labute approximate surface area is 285 Å². The molecule has 0 atom stereocenters. The molecule has 0 aliphatic heterocycles. The Morgan fingerprint density at radius 2 is 0.796 bits per heavy atom. The summed E-state index contributed by atoms with van der Waals surface area (Å²) in [5.74, 6) is 2.02. The maximum atomic E-state index is 5.35. The van der Waals surface area contributed by atoms with Gasteiger partial charge in [-0.2, -0.15) is 0 Å². The maximum Gasteiger partial charge on any atom is 0.164 e. The Morgan fingerprint density at radius 3 is 1.59 bits per heavy atom. The fourth-order valence-electron chi connectivity index (χ4n) is 7.87. The first kappa shape index (κ1) is 26.8. The van der Waals surface area contributed by atoms with Crippen LogP contribution < -0.4 is 0 Å². The third-order valence-corrected chi connectivity index (χ3v) is 11.2. The zero-order valence-electron chi connectivity index (χ0n) is 26.2. The van der Waals surface area contributed by atoms with Gasteiger partial charge in [0.05, 0.1) is 0 Å². The molecule has 0 spiro atoms. The summed E-state index contributed by atoms with van der Waals surface area (Å²) in [6.45, 7) is 0. The number of thiophene rings is 1. The van der Waals surface area contributed by atoms with Crippen molar-refractivity contribution in [1.82, 2.24) is 15.0 Å². The lowest BCUT2D eigenvalue weighted by Gasteiger charge is -2.15. The average molecular weight is 640 g/mol. The standard InChI is InChI=1S/C45H25N3S/c1-2-12-31-26(8-1)18-19-29-11-6-14-35(40(29)31)44-46-43(33-25-23-30-21-20-27-9-5-10-28-22-24-32(33)41(30)39(27)28)47-45(48-44)36-15-7-17-38-42(36)34-13-3-4-16-37(34)49-38/h1-25H. The first-order chi connectivity index (χ1) is 24.3. The van der Waals surface area contributed by atoms with E-state index < -0.39 is 0 Å². The van der Waals surface area contributed by atoms with Gasteiger partial charge in [0.25, 0.3) is 0 Å². The van der Waals surface area contributed by atoms with Crippen molar-refractivity contribution in [3.63, 3.8) is 0 Å². The minimum atomic E-state index is 0.671. The zero-order chi connectivity index (χ0) is 32.1. The second-order valence-corrected chi connectivity index (χ2v) is 13.8. The van der Waals surface area contributed by atoms with Gasteiger partial charge in [0.15, 0.2) is 17.5 Å². The van der Waals surface area contributed by atoms with E-state index in [4.69, 9.17) is 15.0 Å². The normalized spacial score (nSPS) is 12.1. The highest BCUT2D eigenvalue weighted by Gasteiger charge is 2.20. The summed E-state index contributed by atoms with van der Waals surface area (Å²) in [5, 5.41) is 14.5. The van der Waals surface area contributed by atoms with Crippen LogP contribution in [0.2, 0.25) is 0 Å². The van der Waals surface area contributed by atoms with Gasteiger partial charge in [0.1, 0.15) is 0 Å². The molecule has 0 radical (unpaired) electrons.